The maximum absolute atomic E-state index is 12.9. The van der Waals surface area contributed by atoms with Gasteiger partial charge in [0.1, 0.15) is 11.6 Å². The summed E-state index contributed by atoms with van der Waals surface area (Å²) in [4.78, 5) is 27.4. The molecule has 0 N–H and O–H groups in total. The fourth-order valence-corrected chi connectivity index (χ4v) is 5.04. The van der Waals surface area contributed by atoms with Crippen molar-refractivity contribution in [2.45, 2.75) is 26.2 Å². The number of methoxy groups -OCH3 is 1. The van der Waals surface area contributed by atoms with Crippen LogP contribution in [0.5, 0.6) is 5.75 Å². The predicted octanol–water partition coefficient (Wildman–Crippen LogP) is 3.99. The number of piperazine rings is 1. The van der Waals surface area contributed by atoms with Crippen molar-refractivity contribution in [3.8, 4) is 17.1 Å². The summed E-state index contributed by atoms with van der Waals surface area (Å²) in [5.41, 5.74) is 4.43. The minimum atomic E-state index is 0.0117. The summed E-state index contributed by atoms with van der Waals surface area (Å²) in [6.45, 7) is 6.30. The Bertz CT molecular complexity index is 1170. The Hall–Kier alpha value is -3.45. The van der Waals surface area contributed by atoms with Crippen LogP contribution in [0.25, 0.3) is 11.4 Å². The van der Waals surface area contributed by atoms with Crippen LogP contribution < -0.4 is 9.64 Å². The molecule has 36 heavy (non-hydrogen) atoms. The minimum absolute atomic E-state index is 0.0117. The van der Waals surface area contributed by atoms with E-state index in [2.05, 4.69) is 36.1 Å². The van der Waals surface area contributed by atoms with Crippen LogP contribution in [0.3, 0.4) is 0 Å². The lowest BCUT2D eigenvalue weighted by Gasteiger charge is -2.37. The number of rotatable bonds is 7. The molecule has 1 aromatic heterocycles. The average molecular weight is 487 g/mol. The molecule has 0 radical (unpaired) electrons. The molecule has 5 rings (SSSR count). The molecule has 0 aliphatic carbocycles. The zero-order valence-corrected chi connectivity index (χ0v) is 21.2. The third-order valence-corrected chi connectivity index (χ3v) is 7.15. The number of aryl methyl sites for hydroxylation is 1. The van der Waals surface area contributed by atoms with Gasteiger partial charge in [0.2, 0.25) is 5.91 Å². The maximum atomic E-state index is 12.9. The van der Waals surface area contributed by atoms with E-state index in [9.17, 15) is 4.79 Å². The number of carbonyl (C=O) groups excluding carboxylic acids is 1. The van der Waals surface area contributed by atoms with E-state index in [4.69, 9.17) is 19.4 Å². The highest BCUT2D eigenvalue weighted by Gasteiger charge is 2.31. The van der Waals surface area contributed by atoms with Gasteiger partial charge in [0.05, 0.1) is 19.6 Å². The SMILES string of the molecule is CCc1nc(-c2ccccc2)nc(N2CCN(C(=O)[C@H]3CCOC3)CC2)c1Cc1ccc(OC)cc1. The summed E-state index contributed by atoms with van der Waals surface area (Å²) < 4.78 is 10.8. The van der Waals surface area contributed by atoms with Gasteiger partial charge in [-0.05, 0) is 30.5 Å². The number of amides is 1. The van der Waals surface area contributed by atoms with Crippen LogP contribution in [0, 0.1) is 5.92 Å². The van der Waals surface area contributed by atoms with E-state index in [0.717, 1.165) is 66.6 Å². The van der Waals surface area contributed by atoms with Gasteiger partial charge >= 0.3 is 0 Å². The third kappa shape index (κ3) is 5.21. The van der Waals surface area contributed by atoms with Crippen molar-refractivity contribution in [2.75, 3.05) is 51.4 Å². The molecule has 0 saturated carbocycles. The second-order valence-electron chi connectivity index (χ2n) is 9.41. The van der Waals surface area contributed by atoms with Gasteiger partial charge in [-0.25, -0.2) is 9.97 Å². The van der Waals surface area contributed by atoms with Gasteiger partial charge < -0.3 is 19.3 Å². The first-order valence-corrected chi connectivity index (χ1v) is 12.9. The summed E-state index contributed by atoms with van der Waals surface area (Å²) in [6, 6.07) is 18.4. The first-order chi connectivity index (χ1) is 17.7. The third-order valence-electron chi connectivity index (χ3n) is 7.15. The number of aromatic nitrogens is 2. The van der Waals surface area contributed by atoms with E-state index in [-0.39, 0.29) is 11.8 Å². The van der Waals surface area contributed by atoms with Crippen molar-refractivity contribution in [3.05, 3.63) is 71.4 Å². The first-order valence-electron chi connectivity index (χ1n) is 12.9. The van der Waals surface area contributed by atoms with Crippen LogP contribution in [0.4, 0.5) is 5.82 Å². The van der Waals surface area contributed by atoms with Gasteiger partial charge in [-0.1, -0.05) is 49.4 Å². The predicted molar refractivity (Wildman–Crippen MR) is 140 cm³/mol. The van der Waals surface area contributed by atoms with Gasteiger partial charge in [-0.2, -0.15) is 0 Å². The molecule has 2 aliphatic rings. The molecule has 3 aromatic rings. The lowest BCUT2D eigenvalue weighted by atomic mass is 10.0. The summed E-state index contributed by atoms with van der Waals surface area (Å²) >= 11 is 0. The molecule has 2 saturated heterocycles. The zero-order valence-electron chi connectivity index (χ0n) is 21.2. The molecule has 0 spiro atoms. The molecule has 1 amide bonds. The topological polar surface area (TPSA) is 67.8 Å². The van der Waals surface area contributed by atoms with Crippen molar-refractivity contribution >= 4 is 11.7 Å². The van der Waals surface area contributed by atoms with E-state index < -0.39 is 0 Å². The maximum Gasteiger partial charge on any atom is 0.228 e. The molecular formula is C29H34N4O3. The van der Waals surface area contributed by atoms with Crippen molar-refractivity contribution in [3.63, 3.8) is 0 Å². The standard InChI is InChI=1S/C29H34N4O3/c1-3-26-25(19-21-9-11-24(35-2)12-10-21)28(31-27(30-26)22-7-5-4-6-8-22)32-14-16-33(17-15-32)29(34)23-13-18-36-20-23/h4-12,23H,3,13-20H2,1-2H3/t23-/m0/s1. The normalized spacial score (nSPS) is 17.9. The molecule has 2 fully saturated rings. The number of nitrogens with zero attached hydrogens (tertiary/aromatic N) is 4. The molecule has 2 aromatic carbocycles. The molecule has 0 bridgehead atoms. The molecule has 7 nitrogen and oxygen atoms in total. The van der Waals surface area contributed by atoms with E-state index in [1.54, 1.807) is 7.11 Å². The van der Waals surface area contributed by atoms with E-state index >= 15 is 0 Å². The largest absolute Gasteiger partial charge is 0.497 e. The van der Waals surface area contributed by atoms with Crippen molar-refractivity contribution < 1.29 is 14.3 Å². The van der Waals surface area contributed by atoms with Gasteiger partial charge in [-0.3, -0.25) is 4.79 Å². The fourth-order valence-electron chi connectivity index (χ4n) is 5.04. The zero-order chi connectivity index (χ0) is 24.9. The molecule has 3 heterocycles. The van der Waals surface area contributed by atoms with E-state index in [1.807, 2.05) is 35.2 Å². The first kappa shape index (κ1) is 24.3. The Morgan fingerprint density at radius 1 is 1.03 bits per heavy atom. The fraction of sp³-hybridized carbons (Fsp3) is 0.414. The van der Waals surface area contributed by atoms with Crippen molar-refractivity contribution in [1.29, 1.82) is 0 Å². The van der Waals surface area contributed by atoms with Gasteiger partial charge in [0.25, 0.3) is 0 Å². The Morgan fingerprint density at radius 2 is 1.78 bits per heavy atom. The summed E-state index contributed by atoms with van der Waals surface area (Å²) in [5.74, 6) is 2.82. The monoisotopic (exact) mass is 486 g/mol. The molecule has 0 unspecified atom stereocenters. The number of ether oxygens (including phenoxy) is 2. The molecule has 2 aliphatic heterocycles. The van der Waals surface area contributed by atoms with Crippen LogP contribution in [0.1, 0.15) is 30.2 Å². The van der Waals surface area contributed by atoms with Crippen LogP contribution in [0.15, 0.2) is 54.6 Å². The van der Waals surface area contributed by atoms with E-state index in [0.29, 0.717) is 26.3 Å². The number of benzene rings is 2. The van der Waals surface area contributed by atoms with Crippen LogP contribution in [-0.4, -0.2) is 67.3 Å². The lowest BCUT2D eigenvalue weighted by Crippen LogP contribution is -2.51. The highest BCUT2D eigenvalue weighted by Crippen LogP contribution is 2.30. The second kappa shape index (κ2) is 11.1. The van der Waals surface area contributed by atoms with Gasteiger partial charge in [0.15, 0.2) is 5.82 Å². The Labute approximate surface area is 213 Å². The van der Waals surface area contributed by atoms with Crippen LogP contribution >= 0.6 is 0 Å². The van der Waals surface area contributed by atoms with E-state index in [1.165, 1.54) is 5.56 Å². The van der Waals surface area contributed by atoms with Crippen molar-refractivity contribution in [2.24, 2.45) is 5.92 Å². The molecule has 1 atom stereocenters. The molecule has 188 valence electrons. The Kier molecular flexibility index (Phi) is 7.47. The smallest absolute Gasteiger partial charge is 0.228 e. The quantitative estimate of drug-likeness (QED) is 0.503. The Morgan fingerprint density at radius 3 is 2.42 bits per heavy atom. The summed E-state index contributed by atoms with van der Waals surface area (Å²) in [7, 11) is 1.68. The lowest BCUT2D eigenvalue weighted by molar-refractivity contribution is -0.135. The molecular weight excluding hydrogens is 452 g/mol. The minimum Gasteiger partial charge on any atom is -0.497 e. The number of hydrogen-bond acceptors (Lipinski definition) is 6. The Balaban J connectivity index is 1.45. The summed E-state index contributed by atoms with van der Waals surface area (Å²) in [5, 5.41) is 0. The summed E-state index contributed by atoms with van der Waals surface area (Å²) in [6.07, 6.45) is 2.40. The number of hydrogen-bond donors (Lipinski definition) is 0. The second-order valence-corrected chi connectivity index (χ2v) is 9.41. The van der Waals surface area contributed by atoms with Gasteiger partial charge in [0, 0.05) is 56.0 Å². The highest BCUT2D eigenvalue weighted by molar-refractivity contribution is 5.79. The van der Waals surface area contributed by atoms with Gasteiger partial charge in [-0.15, -0.1) is 0 Å². The highest BCUT2D eigenvalue weighted by atomic mass is 16.5. The average Bonchev–Trinajstić information content (AvgIpc) is 3.49. The van der Waals surface area contributed by atoms with Crippen molar-refractivity contribution in [1.82, 2.24) is 14.9 Å². The van der Waals surface area contributed by atoms with Crippen LogP contribution in [-0.2, 0) is 22.4 Å². The van der Waals surface area contributed by atoms with Crippen LogP contribution in [0.2, 0.25) is 0 Å². The number of anilines is 1. The molecule has 7 heteroatoms. The number of carbonyl (C=O) groups is 1.